The fourth-order valence-electron chi connectivity index (χ4n) is 4.93. The molecular formula is C24H42N2. The van der Waals surface area contributed by atoms with Gasteiger partial charge in [-0.3, -0.25) is 0 Å². The summed E-state index contributed by atoms with van der Waals surface area (Å²) in [5.74, 6) is 2.56. The van der Waals surface area contributed by atoms with Crippen molar-refractivity contribution in [3.63, 3.8) is 0 Å². The molecule has 2 atom stereocenters. The van der Waals surface area contributed by atoms with Crippen LogP contribution >= 0.6 is 0 Å². The molecule has 0 saturated carbocycles. The Morgan fingerprint density at radius 3 is 1.96 bits per heavy atom. The highest BCUT2D eigenvalue weighted by molar-refractivity contribution is 5.25. The average Bonchev–Trinajstić information content (AvgIpc) is 3.00. The molecule has 2 unspecified atom stereocenters. The van der Waals surface area contributed by atoms with Crippen molar-refractivity contribution in [2.75, 3.05) is 0 Å². The van der Waals surface area contributed by atoms with E-state index < -0.39 is 0 Å². The zero-order valence-electron chi connectivity index (χ0n) is 19.2. The molecule has 0 N–H and O–H groups in total. The molecular weight excluding hydrogens is 316 g/mol. The minimum Gasteiger partial charge on any atom is -0.329 e. The van der Waals surface area contributed by atoms with Gasteiger partial charge < -0.3 is 4.57 Å². The van der Waals surface area contributed by atoms with Gasteiger partial charge in [-0.25, -0.2) is 4.98 Å². The van der Waals surface area contributed by atoms with Crippen molar-refractivity contribution in [1.82, 2.24) is 9.55 Å². The van der Waals surface area contributed by atoms with Crippen molar-refractivity contribution < 1.29 is 0 Å². The van der Waals surface area contributed by atoms with E-state index >= 15 is 0 Å². The highest BCUT2D eigenvalue weighted by Crippen LogP contribution is 2.53. The fourth-order valence-corrected chi connectivity index (χ4v) is 4.93. The molecule has 1 aliphatic rings. The number of nitrogens with zero attached hydrogens (tertiary/aromatic N) is 2. The summed E-state index contributed by atoms with van der Waals surface area (Å²) in [6, 6.07) is 0. The van der Waals surface area contributed by atoms with Crippen LogP contribution in [0.25, 0.3) is 0 Å². The molecule has 1 aromatic heterocycles. The lowest BCUT2D eigenvalue weighted by atomic mass is 9.62. The lowest BCUT2D eigenvalue weighted by Gasteiger charge is -2.43. The van der Waals surface area contributed by atoms with Gasteiger partial charge in [0.25, 0.3) is 0 Å². The van der Waals surface area contributed by atoms with Gasteiger partial charge in [0.2, 0.25) is 0 Å². The van der Waals surface area contributed by atoms with Crippen LogP contribution in [-0.4, -0.2) is 9.55 Å². The van der Waals surface area contributed by atoms with E-state index in [1.807, 2.05) is 6.20 Å². The van der Waals surface area contributed by atoms with Crippen LogP contribution in [0.4, 0.5) is 0 Å². The Bertz CT molecular complexity index is 654. The molecule has 0 fully saturated rings. The molecule has 2 nitrogen and oxygen atoms in total. The summed E-state index contributed by atoms with van der Waals surface area (Å²) in [5.41, 5.74) is 2.36. The zero-order chi connectivity index (χ0) is 20.1. The SMILES string of the molecule is CC(C)(CC1=CCC(C(C)(C)C)C1C(C)(C)C)c1nccn1C(C)(C)C. The van der Waals surface area contributed by atoms with Crippen molar-refractivity contribution >= 4 is 0 Å². The van der Waals surface area contributed by atoms with E-state index in [4.69, 9.17) is 4.98 Å². The normalized spacial score (nSPS) is 22.7. The van der Waals surface area contributed by atoms with Crippen LogP contribution in [0.1, 0.15) is 94.8 Å². The Kier molecular flexibility index (Phi) is 5.34. The van der Waals surface area contributed by atoms with Gasteiger partial charge in [-0.15, -0.1) is 0 Å². The van der Waals surface area contributed by atoms with Gasteiger partial charge in [0.1, 0.15) is 5.82 Å². The molecule has 1 aromatic rings. The van der Waals surface area contributed by atoms with Crippen molar-refractivity contribution in [1.29, 1.82) is 0 Å². The van der Waals surface area contributed by atoms with Crippen LogP contribution in [0.2, 0.25) is 0 Å². The second-order valence-corrected chi connectivity index (χ2v) is 12.2. The van der Waals surface area contributed by atoms with Gasteiger partial charge in [-0.1, -0.05) is 67.0 Å². The van der Waals surface area contributed by atoms with Gasteiger partial charge in [0, 0.05) is 23.3 Å². The maximum absolute atomic E-state index is 4.79. The molecule has 0 spiro atoms. The smallest absolute Gasteiger partial charge is 0.115 e. The van der Waals surface area contributed by atoms with Crippen molar-refractivity contribution in [2.24, 2.45) is 22.7 Å². The molecule has 26 heavy (non-hydrogen) atoms. The van der Waals surface area contributed by atoms with Crippen LogP contribution in [0.5, 0.6) is 0 Å². The van der Waals surface area contributed by atoms with Crippen LogP contribution in [0.15, 0.2) is 24.0 Å². The van der Waals surface area contributed by atoms with Gasteiger partial charge in [-0.05, 0) is 56.3 Å². The summed E-state index contributed by atoms with van der Waals surface area (Å²) in [6.45, 7) is 26.0. The minimum absolute atomic E-state index is 0.0267. The van der Waals surface area contributed by atoms with Gasteiger partial charge in [0.15, 0.2) is 0 Å². The standard InChI is InChI=1S/C24H42N2/c1-21(2,3)18-13-12-17(19(18)22(4,5)6)16-24(10,11)20-25-14-15-26(20)23(7,8)9/h12,14-15,18-19H,13,16H2,1-11H3. The first-order chi connectivity index (χ1) is 11.5. The van der Waals surface area contributed by atoms with E-state index in [0.29, 0.717) is 11.3 Å². The maximum Gasteiger partial charge on any atom is 0.115 e. The summed E-state index contributed by atoms with van der Waals surface area (Å²) < 4.78 is 2.36. The number of hydrogen-bond donors (Lipinski definition) is 0. The fraction of sp³-hybridized carbons (Fsp3) is 0.792. The van der Waals surface area contributed by atoms with Crippen LogP contribution in [0, 0.1) is 22.7 Å². The third kappa shape index (κ3) is 4.26. The topological polar surface area (TPSA) is 17.8 Å². The Hall–Kier alpha value is -1.05. The number of allylic oxidation sites excluding steroid dienone is 2. The van der Waals surface area contributed by atoms with E-state index in [2.05, 4.69) is 93.0 Å². The minimum atomic E-state index is 0.0267. The number of hydrogen-bond acceptors (Lipinski definition) is 1. The summed E-state index contributed by atoms with van der Waals surface area (Å²) in [5, 5.41) is 0. The largest absolute Gasteiger partial charge is 0.329 e. The van der Waals surface area contributed by atoms with E-state index in [-0.39, 0.29) is 16.4 Å². The molecule has 2 heteroatoms. The molecule has 1 aliphatic carbocycles. The molecule has 0 radical (unpaired) electrons. The molecule has 0 bridgehead atoms. The third-order valence-electron chi connectivity index (χ3n) is 6.10. The summed E-state index contributed by atoms with van der Waals surface area (Å²) in [7, 11) is 0. The van der Waals surface area contributed by atoms with Gasteiger partial charge in [0.05, 0.1) is 0 Å². The Morgan fingerprint density at radius 2 is 1.50 bits per heavy atom. The van der Waals surface area contributed by atoms with Crippen molar-refractivity contribution in [3.8, 4) is 0 Å². The maximum atomic E-state index is 4.79. The monoisotopic (exact) mass is 358 g/mol. The summed E-state index contributed by atoms with van der Waals surface area (Å²) in [6.07, 6.45) is 8.96. The molecule has 2 rings (SSSR count). The third-order valence-corrected chi connectivity index (χ3v) is 6.10. The quantitative estimate of drug-likeness (QED) is 0.534. The second-order valence-electron chi connectivity index (χ2n) is 12.2. The predicted octanol–water partition coefficient (Wildman–Crippen LogP) is 6.96. The van der Waals surface area contributed by atoms with Gasteiger partial charge in [-0.2, -0.15) is 0 Å². The first-order valence-electron chi connectivity index (χ1n) is 10.3. The van der Waals surface area contributed by atoms with E-state index in [1.165, 1.54) is 12.2 Å². The molecule has 0 saturated heterocycles. The molecule has 148 valence electrons. The highest BCUT2D eigenvalue weighted by Gasteiger charge is 2.45. The number of rotatable bonds is 3. The summed E-state index contributed by atoms with van der Waals surface area (Å²) in [4.78, 5) is 4.79. The Morgan fingerprint density at radius 1 is 0.923 bits per heavy atom. The van der Waals surface area contributed by atoms with Crippen molar-refractivity contribution in [3.05, 3.63) is 29.9 Å². The Labute approximate surface area is 162 Å². The molecule has 1 heterocycles. The molecule has 0 aromatic carbocycles. The highest BCUT2D eigenvalue weighted by atomic mass is 15.1. The van der Waals surface area contributed by atoms with E-state index in [0.717, 1.165) is 12.3 Å². The number of aromatic nitrogens is 2. The summed E-state index contributed by atoms with van der Waals surface area (Å²) >= 11 is 0. The van der Waals surface area contributed by atoms with Crippen LogP contribution in [-0.2, 0) is 11.0 Å². The van der Waals surface area contributed by atoms with E-state index in [1.54, 1.807) is 5.57 Å². The lowest BCUT2D eigenvalue weighted by molar-refractivity contribution is 0.108. The predicted molar refractivity (Wildman–Crippen MR) is 113 cm³/mol. The van der Waals surface area contributed by atoms with Crippen LogP contribution < -0.4 is 0 Å². The van der Waals surface area contributed by atoms with Crippen LogP contribution in [0.3, 0.4) is 0 Å². The lowest BCUT2D eigenvalue weighted by Crippen LogP contribution is -2.36. The molecule has 0 aliphatic heterocycles. The first-order valence-corrected chi connectivity index (χ1v) is 10.3. The Balaban J connectivity index is 2.36. The zero-order valence-corrected chi connectivity index (χ0v) is 19.2. The second kappa shape index (κ2) is 6.53. The van der Waals surface area contributed by atoms with Crippen molar-refractivity contribution in [2.45, 2.75) is 100.0 Å². The average molecular weight is 359 g/mol. The van der Waals surface area contributed by atoms with Gasteiger partial charge >= 0.3 is 0 Å². The molecule has 0 amide bonds. The first kappa shape index (κ1) is 21.3. The van der Waals surface area contributed by atoms with E-state index in [9.17, 15) is 0 Å². The number of imidazole rings is 1.